The van der Waals surface area contributed by atoms with Gasteiger partial charge in [0.05, 0.1) is 48.2 Å². The summed E-state index contributed by atoms with van der Waals surface area (Å²) in [5.74, 6) is -0.197. The predicted octanol–water partition coefficient (Wildman–Crippen LogP) is 4.64. The maximum absolute atomic E-state index is 12.4. The number of ether oxygens (including phenoxy) is 2. The highest BCUT2D eigenvalue weighted by Gasteiger charge is 2.37. The van der Waals surface area contributed by atoms with Crippen LogP contribution in [0.3, 0.4) is 0 Å². The lowest BCUT2D eigenvalue weighted by Gasteiger charge is -2.33. The van der Waals surface area contributed by atoms with Gasteiger partial charge < -0.3 is 14.4 Å². The highest BCUT2D eigenvalue weighted by Crippen LogP contribution is 2.38. The molecule has 0 radical (unpaired) electrons. The first kappa shape index (κ1) is 24.0. The number of carbonyl (C=O) groups is 2. The number of hydrogen-bond acceptors (Lipinski definition) is 7. The Hall–Kier alpha value is -3.75. The summed E-state index contributed by atoms with van der Waals surface area (Å²) in [7, 11) is 1.43. The molecule has 5 rings (SSSR count). The zero-order valence-electron chi connectivity index (χ0n) is 21.1. The molecule has 1 saturated carbocycles. The average Bonchev–Trinajstić information content (AvgIpc) is 3.31. The molecule has 1 aliphatic heterocycles. The van der Waals surface area contributed by atoms with E-state index in [2.05, 4.69) is 17.2 Å². The van der Waals surface area contributed by atoms with Gasteiger partial charge in [0, 0.05) is 30.4 Å². The summed E-state index contributed by atoms with van der Waals surface area (Å²) in [6.45, 7) is 6.72. The molecule has 0 atom stereocenters. The number of benzene rings is 1. The van der Waals surface area contributed by atoms with Crippen LogP contribution in [0.4, 0.5) is 4.79 Å². The number of carbonyl (C=O) groups excluding carboxylic acids is 2. The van der Waals surface area contributed by atoms with E-state index in [9.17, 15) is 9.59 Å². The number of esters is 1. The van der Waals surface area contributed by atoms with Crippen LogP contribution < -0.4 is 0 Å². The van der Waals surface area contributed by atoms with Crippen LogP contribution in [-0.4, -0.2) is 62.5 Å². The number of fused-ring (bicyclic) bond motifs is 1. The zero-order valence-corrected chi connectivity index (χ0v) is 21.1. The first-order valence-electron chi connectivity index (χ1n) is 12.3. The van der Waals surface area contributed by atoms with Crippen LogP contribution in [0.25, 0.3) is 27.9 Å². The van der Waals surface area contributed by atoms with Crippen molar-refractivity contribution >= 4 is 28.7 Å². The van der Waals surface area contributed by atoms with Crippen molar-refractivity contribution in [2.24, 2.45) is 5.92 Å². The van der Waals surface area contributed by atoms with Gasteiger partial charge in [-0.1, -0.05) is 18.2 Å². The standard InChI is InChI=1S/C27H31N5O4/c1-27(2,3)36-26(34)31-10-8-17(9-11-31)21-6-5-7-22-24(21)28-15-23(30-22)19-14-29-32(16-19)20-12-18(13-20)25(33)35-4/h5-8,14-16,18,20H,9-13H2,1-4H3. The molecule has 9 heteroatoms. The van der Waals surface area contributed by atoms with Crippen LogP contribution in [0.15, 0.2) is 42.9 Å². The van der Waals surface area contributed by atoms with Crippen molar-refractivity contribution in [2.75, 3.05) is 20.2 Å². The minimum Gasteiger partial charge on any atom is -0.469 e. The molecule has 9 nitrogen and oxygen atoms in total. The Morgan fingerprint density at radius 3 is 2.64 bits per heavy atom. The van der Waals surface area contributed by atoms with Crippen LogP contribution in [0.1, 0.15) is 51.6 Å². The topological polar surface area (TPSA) is 99.4 Å². The molecule has 36 heavy (non-hydrogen) atoms. The molecule has 3 aromatic rings. The third-order valence-electron chi connectivity index (χ3n) is 6.70. The number of para-hydroxylation sites is 1. The van der Waals surface area contributed by atoms with Gasteiger partial charge in [0.1, 0.15) is 5.60 Å². The molecule has 1 aromatic carbocycles. The zero-order chi connectivity index (χ0) is 25.4. The molecule has 0 N–H and O–H groups in total. The number of hydrogen-bond donors (Lipinski definition) is 0. The van der Waals surface area contributed by atoms with Crippen LogP contribution >= 0.6 is 0 Å². The van der Waals surface area contributed by atoms with Crippen molar-refractivity contribution < 1.29 is 19.1 Å². The van der Waals surface area contributed by atoms with E-state index in [1.165, 1.54) is 7.11 Å². The lowest BCUT2D eigenvalue weighted by atomic mass is 9.80. The SMILES string of the molecule is COC(=O)C1CC(n2cc(-c3cnc4c(C5=CCN(C(=O)OC(C)(C)C)CC5)cccc4n3)cn2)C1. The van der Waals surface area contributed by atoms with E-state index in [-0.39, 0.29) is 24.0 Å². The van der Waals surface area contributed by atoms with Gasteiger partial charge in [-0.25, -0.2) is 9.78 Å². The first-order chi connectivity index (χ1) is 17.2. The quantitative estimate of drug-likeness (QED) is 0.492. The third-order valence-corrected chi connectivity index (χ3v) is 6.70. The van der Waals surface area contributed by atoms with Gasteiger partial charge >= 0.3 is 12.1 Å². The highest BCUT2D eigenvalue weighted by atomic mass is 16.6. The van der Waals surface area contributed by atoms with E-state index < -0.39 is 5.60 Å². The predicted molar refractivity (Wildman–Crippen MR) is 135 cm³/mol. The minimum absolute atomic E-state index is 0.0446. The summed E-state index contributed by atoms with van der Waals surface area (Å²) in [6.07, 6.45) is 9.52. The molecule has 0 bridgehead atoms. The average molecular weight is 490 g/mol. The lowest BCUT2D eigenvalue weighted by molar-refractivity contribution is -0.149. The van der Waals surface area contributed by atoms with Crippen LogP contribution in [-0.2, 0) is 14.3 Å². The minimum atomic E-state index is -0.510. The van der Waals surface area contributed by atoms with Gasteiger partial charge in [0.2, 0.25) is 0 Å². The summed E-state index contributed by atoms with van der Waals surface area (Å²) in [6, 6.07) is 6.20. The molecule has 2 aliphatic rings. The van der Waals surface area contributed by atoms with E-state index in [1.54, 1.807) is 17.3 Å². The number of rotatable bonds is 4. The second-order valence-corrected chi connectivity index (χ2v) is 10.4. The van der Waals surface area contributed by atoms with E-state index in [0.29, 0.717) is 13.1 Å². The van der Waals surface area contributed by atoms with Gasteiger partial charge in [-0.05, 0) is 51.7 Å². The maximum Gasteiger partial charge on any atom is 0.410 e. The Balaban J connectivity index is 1.31. The fraction of sp³-hybridized carbons (Fsp3) is 0.444. The molecule has 0 saturated heterocycles. The highest BCUT2D eigenvalue weighted by molar-refractivity contribution is 5.90. The van der Waals surface area contributed by atoms with Crippen LogP contribution in [0.5, 0.6) is 0 Å². The molecule has 0 unspecified atom stereocenters. The fourth-order valence-electron chi connectivity index (χ4n) is 4.68. The van der Waals surface area contributed by atoms with Crippen molar-refractivity contribution in [1.29, 1.82) is 0 Å². The lowest BCUT2D eigenvalue weighted by Crippen LogP contribution is -2.39. The van der Waals surface area contributed by atoms with Crippen molar-refractivity contribution in [1.82, 2.24) is 24.6 Å². The van der Waals surface area contributed by atoms with Gasteiger partial charge in [-0.3, -0.25) is 14.5 Å². The Morgan fingerprint density at radius 2 is 1.94 bits per heavy atom. The number of amides is 1. The van der Waals surface area contributed by atoms with Gasteiger partial charge in [0.25, 0.3) is 0 Å². The summed E-state index contributed by atoms with van der Waals surface area (Å²) >= 11 is 0. The molecule has 2 aromatic heterocycles. The largest absolute Gasteiger partial charge is 0.469 e. The Labute approximate surface area is 210 Å². The van der Waals surface area contributed by atoms with Crippen molar-refractivity contribution in [3.05, 3.63) is 48.4 Å². The summed E-state index contributed by atoms with van der Waals surface area (Å²) in [5.41, 5.74) is 4.97. The summed E-state index contributed by atoms with van der Waals surface area (Å²) in [4.78, 5) is 35.4. The normalized spacial score (nSPS) is 20.0. The third kappa shape index (κ3) is 4.82. The van der Waals surface area contributed by atoms with E-state index in [4.69, 9.17) is 19.4 Å². The fourth-order valence-corrected chi connectivity index (χ4v) is 4.68. The van der Waals surface area contributed by atoms with E-state index in [1.807, 2.05) is 43.8 Å². The maximum atomic E-state index is 12.4. The number of nitrogens with zero attached hydrogens (tertiary/aromatic N) is 5. The van der Waals surface area contributed by atoms with Crippen molar-refractivity contribution in [3.8, 4) is 11.3 Å². The van der Waals surface area contributed by atoms with Crippen LogP contribution in [0, 0.1) is 5.92 Å². The van der Waals surface area contributed by atoms with Gasteiger partial charge in [-0.2, -0.15) is 5.10 Å². The van der Waals surface area contributed by atoms with Gasteiger partial charge in [0.15, 0.2) is 0 Å². The Kier molecular flexibility index (Phi) is 6.24. The second-order valence-electron chi connectivity index (χ2n) is 10.4. The summed E-state index contributed by atoms with van der Waals surface area (Å²) < 4.78 is 12.2. The second kappa shape index (κ2) is 9.37. The molecule has 1 fully saturated rings. The molecule has 3 heterocycles. The molecule has 188 valence electrons. The van der Waals surface area contributed by atoms with Crippen molar-refractivity contribution in [3.63, 3.8) is 0 Å². The molecular formula is C27H31N5O4. The van der Waals surface area contributed by atoms with Gasteiger partial charge in [-0.15, -0.1) is 0 Å². The van der Waals surface area contributed by atoms with Crippen molar-refractivity contribution in [2.45, 2.75) is 51.7 Å². The number of methoxy groups -OCH3 is 1. The first-order valence-corrected chi connectivity index (χ1v) is 12.3. The molecule has 0 spiro atoms. The molecule has 1 aliphatic carbocycles. The summed E-state index contributed by atoms with van der Waals surface area (Å²) in [5, 5.41) is 4.49. The van der Waals surface area contributed by atoms with E-state index in [0.717, 1.165) is 52.7 Å². The molecular weight excluding hydrogens is 458 g/mol. The number of aromatic nitrogens is 4. The Morgan fingerprint density at radius 1 is 1.14 bits per heavy atom. The van der Waals surface area contributed by atoms with E-state index >= 15 is 0 Å². The smallest absolute Gasteiger partial charge is 0.410 e. The van der Waals surface area contributed by atoms with Crippen LogP contribution in [0.2, 0.25) is 0 Å². The molecule has 1 amide bonds. The monoisotopic (exact) mass is 489 g/mol. The Bertz CT molecular complexity index is 1330.